The first-order valence-electron chi connectivity index (χ1n) is 3.46. The maximum absolute atomic E-state index is 2.31. The molecule has 0 aliphatic carbocycles. The second-order valence-corrected chi connectivity index (χ2v) is 10.4. The van der Waals surface area contributed by atoms with Crippen LogP contribution in [0.4, 0.5) is 0 Å². The van der Waals surface area contributed by atoms with Gasteiger partial charge in [-0.2, -0.15) is 0 Å². The van der Waals surface area contributed by atoms with E-state index in [1.807, 2.05) is 0 Å². The van der Waals surface area contributed by atoms with Gasteiger partial charge in [0.05, 0.1) is 0 Å². The van der Waals surface area contributed by atoms with E-state index in [9.17, 15) is 0 Å². The second kappa shape index (κ2) is 12.7. The van der Waals surface area contributed by atoms with E-state index in [0.29, 0.717) is 0 Å². The first-order valence-corrected chi connectivity index (χ1v) is 10.4. The molecule has 0 saturated carbocycles. The third kappa shape index (κ3) is 153. The molecule has 0 atom stereocenters. The summed E-state index contributed by atoms with van der Waals surface area (Å²) in [7, 11) is -0.278. The quantitative estimate of drug-likeness (QED) is 0.508. The summed E-state index contributed by atoms with van der Waals surface area (Å²) < 4.78 is 0. The fourth-order valence-corrected chi connectivity index (χ4v) is 0. The Morgan fingerprint density at radius 2 is 0.556 bits per heavy atom. The molecule has 0 aromatic rings. The molecule has 0 rings (SSSR count). The molecule has 0 bridgehead atoms. The maximum Gasteiger partial charge on any atom is 0.0274 e. The van der Waals surface area contributed by atoms with Gasteiger partial charge in [0.25, 0.3) is 0 Å². The predicted molar refractivity (Wildman–Crippen MR) is 55.2 cm³/mol. The Labute approximate surface area is 106 Å². The minimum atomic E-state index is -0.139. The summed E-state index contributed by atoms with van der Waals surface area (Å²) in [4.78, 5) is 0. The van der Waals surface area contributed by atoms with Gasteiger partial charge in [0, 0.05) is 69.0 Å². The average molecular weight is 187 g/mol. The zero-order valence-electron chi connectivity index (χ0n) is 8.15. The van der Waals surface area contributed by atoms with Gasteiger partial charge in [-0.1, -0.05) is 39.3 Å². The fourth-order valence-electron chi connectivity index (χ4n) is 0. The monoisotopic (exact) mass is 187 g/mol. The third-order valence-electron chi connectivity index (χ3n) is 0. The summed E-state index contributed by atoms with van der Waals surface area (Å²) in [5.41, 5.74) is 0. The van der Waals surface area contributed by atoms with Crippen LogP contribution < -0.4 is 0 Å². The molecular weight excluding hydrogens is 167 g/mol. The van der Waals surface area contributed by atoms with E-state index >= 15 is 0 Å². The van der Waals surface area contributed by atoms with Crippen molar-refractivity contribution >= 4 is 69.0 Å². The zero-order valence-corrected chi connectivity index (χ0v) is 13.6. The maximum atomic E-state index is 2.31. The van der Waals surface area contributed by atoms with Gasteiger partial charge >= 0.3 is 0 Å². The third-order valence-corrected chi connectivity index (χ3v) is 0. The Morgan fingerprint density at radius 1 is 0.556 bits per heavy atom. The molecule has 0 fully saturated rings. The van der Waals surface area contributed by atoms with Crippen molar-refractivity contribution in [3.63, 3.8) is 0 Å². The molecular formula is C6H20KSi2. The van der Waals surface area contributed by atoms with Gasteiger partial charge < -0.3 is 0 Å². The normalized spacial score (nSPS) is 8.00. The Kier molecular flexibility index (Phi) is 24.4. The Hall–Kier alpha value is 2.07. The van der Waals surface area contributed by atoms with Crippen molar-refractivity contribution in [3.8, 4) is 0 Å². The van der Waals surface area contributed by atoms with Gasteiger partial charge in [0.1, 0.15) is 0 Å². The predicted octanol–water partition coefficient (Wildman–Crippen LogP) is 1.82. The first-order chi connectivity index (χ1) is 3.46. The molecule has 0 unspecified atom stereocenters. The summed E-state index contributed by atoms with van der Waals surface area (Å²) in [6, 6.07) is 0. The van der Waals surface area contributed by atoms with Crippen LogP contribution in [0.25, 0.3) is 0 Å². The van der Waals surface area contributed by atoms with Gasteiger partial charge in [0.2, 0.25) is 0 Å². The van der Waals surface area contributed by atoms with Crippen molar-refractivity contribution in [1.82, 2.24) is 0 Å². The van der Waals surface area contributed by atoms with Crippen LogP contribution in [0.5, 0.6) is 0 Å². The molecule has 9 heavy (non-hydrogen) atoms. The molecule has 1 radical (unpaired) electrons. The largest absolute Gasteiger partial charge is 0.0724 e. The standard InChI is InChI=1S/2C3H10Si.K/c2*1-4(2)3;/h2*4H,1-3H3;. The molecule has 0 spiro atoms. The van der Waals surface area contributed by atoms with Gasteiger partial charge in [0.15, 0.2) is 0 Å². The summed E-state index contributed by atoms with van der Waals surface area (Å²) in [6.07, 6.45) is 0. The van der Waals surface area contributed by atoms with Crippen LogP contribution in [0.1, 0.15) is 0 Å². The van der Waals surface area contributed by atoms with Crippen molar-refractivity contribution in [2.24, 2.45) is 0 Å². The van der Waals surface area contributed by atoms with Crippen molar-refractivity contribution in [2.75, 3.05) is 0 Å². The van der Waals surface area contributed by atoms with E-state index in [2.05, 4.69) is 39.3 Å². The van der Waals surface area contributed by atoms with Crippen molar-refractivity contribution in [3.05, 3.63) is 0 Å². The van der Waals surface area contributed by atoms with Crippen LogP contribution in [0.2, 0.25) is 39.3 Å². The molecule has 3 heteroatoms. The van der Waals surface area contributed by atoms with Crippen molar-refractivity contribution < 1.29 is 0 Å². The van der Waals surface area contributed by atoms with E-state index in [4.69, 9.17) is 0 Å². The summed E-state index contributed by atoms with van der Waals surface area (Å²) in [5, 5.41) is 0. The van der Waals surface area contributed by atoms with Crippen LogP contribution in [0, 0.1) is 0 Å². The Bertz CT molecular complexity index is 26.5. The van der Waals surface area contributed by atoms with E-state index in [1.165, 1.54) is 0 Å². The number of hydrogen-bond donors (Lipinski definition) is 0. The minimum absolute atomic E-state index is 0. The van der Waals surface area contributed by atoms with Gasteiger partial charge in [-0.05, 0) is 0 Å². The average Bonchev–Trinajstić information content (AvgIpc) is 1.25. The van der Waals surface area contributed by atoms with Gasteiger partial charge in [-0.15, -0.1) is 0 Å². The molecule has 0 aliphatic heterocycles. The Balaban J connectivity index is -0.0000000720. The van der Waals surface area contributed by atoms with Crippen LogP contribution in [0.3, 0.4) is 0 Å². The smallest absolute Gasteiger partial charge is 0.0274 e. The van der Waals surface area contributed by atoms with Gasteiger partial charge in [-0.3, -0.25) is 0 Å². The Morgan fingerprint density at radius 3 is 0.556 bits per heavy atom. The molecule has 0 N–H and O–H groups in total. The van der Waals surface area contributed by atoms with E-state index in [1.54, 1.807) is 0 Å². The van der Waals surface area contributed by atoms with Crippen LogP contribution in [-0.4, -0.2) is 69.0 Å². The zero-order chi connectivity index (χ0) is 7.15. The summed E-state index contributed by atoms with van der Waals surface area (Å²) >= 11 is 0. The molecule has 0 nitrogen and oxygen atoms in total. The molecule has 0 amide bonds. The molecule has 0 aliphatic rings. The molecule has 0 saturated heterocycles. The minimum Gasteiger partial charge on any atom is -0.0724 e. The first kappa shape index (κ1) is 17.2. The van der Waals surface area contributed by atoms with Crippen LogP contribution in [0.15, 0.2) is 0 Å². The van der Waals surface area contributed by atoms with E-state index in [-0.39, 0.29) is 69.0 Å². The van der Waals surface area contributed by atoms with E-state index < -0.39 is 0 Å². The summed E-state index contributed by atoms with van der Waals surface area (Å²) in [5.74, 6) is 0. The molecule has 0 aromatic heterocycles. The van der Waals surface area contributed by atoms with Crippen LogP contribution in [-0.2, 0) is 0 Å². The van der Waals surface area contributed by atoms with Crippen molar-refractivity contribution in [2.45, 2.75) is 39.3 Å². The molecule has 0 heterocycles. The van der Waals surface area contributed by atoms with Crippen LogP contribution >= 0.6 is 0 Å². The molecule has 0 aromatic carbocycles. The van der Waals surface area contributed by atoms with Crippen molar-refractivity contribution in [1.29, 1.82) is 0 Å². The fraction of sp³-hybridized carbons (Fsp3) is 1.00. The summed E-state index contributed by atoms with van der Waals surface area (Å²) in [6.45, 7) is 13.8. The van der Waals surface area contributed by atoms with Gasteiger partial charge in [-0.25, -0.2) is 0 Å². The topological polar surface area (TPSA) is 0 Å². The SMILES string of the molecule is C[SiH](C)C.C[SiH](C)C.[K]. The molecule has 53 valence electrons. The van der Waals surface area contributed by atoms with E-state index in [0.717, 1.165) is 0 Å². The second-order valence-electron chi connectivity index (χ2n) is 3.46. The number of rotatable bonds is 0. The number of hydrogen-bond acceptors (Lipinski definition) is 0.